The van der Waals surface area contributed by atoms with Crippen molar-refractivity contribution < 1.29 is 0 Å². The molecule has 3 nitrogen and oxygen atoms in total. The highest BCUT2D eigenvalue weighted by molar-refractivity contribution is 9.11. The highest BCUT2D eigenvalue weighted by atomic mass is 79.9. The summed E-state index contributed by atoms with van der Waals surface area (Å²) in [4.78, 5) is 7.63. The standard InChI is InChI=1S/C16H9Br2N3/c17-12-5-6-13(18)10(8-12)7-11(9-19)16-20-14-3-1-2-4-15(14)21-16/h1-8H,(H,20,21)/b11-7+. The number of benzene rings is 2. The minimum absolute atomic E-state index is 0.491. The number of rotatable bonds is 2. The van der Waals surface area contributed by atoms with E-state index < -0.39 is 0 Å². The van der Waals surface area contributed by atoms with Gasteiger partial charge in [-0.1, -0.05) is 44.0 Å². The second-order valence-electron chi connectivity index (χ2n) is 4.44. The van der Waals surface area contributed by atoms with E-state index in [1.165, 1.54) is 0 Å². The minimum atomic E-state index is 0.491. The number of allylic oxidation sites excluding steroid dienone is 1. The molecule has 1 heterocycles. The minimum Gasteiger partial charge on any atom is -0.337 e. The summed E-state index contributed by atoms with van der Waals surface area (Å²) >= 11 is 6.93. The molecule has 3 aromatic rings. The number of imidazole rings is 1. The van der Waals surface area contributed by atoms with Gasteiger partial charge in [0.15, 0.2) is 0 Å². The Morgan fingerprint density at radius 3 is 2.76 bits per heavy atom. The number of aromatic nitrogens is 2. The number of halogens is 2. The molecule has 2 aromatic carbocycles. The third-order valence-electron chi connectivity index (χ3n) is 3.02. The Balaban J connectivity index is 2.11. The molecule has 0 aliphatic carbocycles. The summed E-state index contributed by atoms with van der Waals surface area (Å²) in [6.07, 6.45) is 1.81. The first kappa shape index (κ1) is 14.1. The number of fused-ring (bicyclic) bond motifs is 1. The first-order valence-electron chi connectivity index (χ1n) is 6.19. The molecular formula is C16H9Br2N3. The monoisotopic (exact) mass is 401 g/mol. The Labute approximate surface area is 138 Å². The van der Waals surface area contributed by atoms with Crippen LogP contribution < -0.4 is 0 Å². The lowest BCUT2D eigenvalue weighted by atomic mass is 10.1. The molecule has 3 rings (SSSR count). The van der Waals surface area contributed by atoms with Gasteiger partial charge in [-0.05, 0) is 42.0 Å². The van der Waals surface area contributed by atoms with Gasteiger partial charge < -0.3 is 4.98 Å². The number of hydrogen-bond donors (Lipinski definition) is 1. The number of H-pyrrole nitrogens is 1. The van der Waals surface area contributed by atoms with Gasteiger partial charge in [-0.3, -0.25) is 0 Å². The van der Waals surface area contributed by atoms with Crippen molar-refractivity contribution in [1.29, 1.82) is 5.26 Å². The van der Waals surface area contributed by atoms with Crippen LogP contribution in [-0.4, -0.2) is 9.97 Å². The Bertz CT molecular complexity index is 855. The van der Waals surface area contributed by atoms with Crippen LogP contribution in [0.3, 0.4) is 0 Å². The normalized spacial score (nSPS) is 11.6. The fraction of sp³-hybridized carbons (Fsp3) is 0. The molecule has 0 spiro atoms. The largest absolute Gasteiger partial charge is 0.337 e. The van der Waals surface area contributed by atoms with Crippen molar-refractivity contribution in [3.05, 3.63) is 62.8 Å². The molecule has 0 saturated heterocycles. The Morgan fingerprint density at radius 1 is 1.19 bits per heavy atom. The molecule has 0 aliphatic heterocycles. The predicted molar refractivity (Wildman–Crippen MR) is 91.4 cm³/mol. The van der Waals surface area contributed by atoms with Crippen LogP contribution in [0.1, 0.15) is 11.4 Å². The zero-order valence-electron chi connectivity index (χ0n) is 10.8. The van der Waals surface area contributed by atoms with Gasteiger partial charge in [0.25, 0.3) is 0 Å². The van der Waals surface area contributed by atoms with E-state index in [0.29, 0.717) is 11.4 Å². The predicted octanol–water partition coefficient (Wildman–Crippen LogP) is 5.15. The van der Waals surface area contributed by atoms with Gasteiger partial charge in [-0.2, -0.15) is 5.26 Å². The van der Waals surface area contributed by atoms with Crippen LogP contribution in [0.5, 0.6) is 0 Å². The van der Waals surface area contributed by atoms with Crippen LogP contribution in [0, 0.1) is 11.3 Å². The summed E-state index contributed by atoms with van der Waals surface area (Å²) in [6, 6.07) is 15.7. The van der Waals surface area contributed by atoms with E-state index in [1.807, 2.05) is 48.5 Å². The van der Waals surface area contributed by atoms with Crippen molar-refractivity contribution in [2.75, 3.05) is 0 Å². The molecule has 21 heavy (non-hydrogen) atoms. The summed E-state index contributed by atoms with van der Waals surface area (Å²) in [6.45, 7) is 0. The SMILES string of the molecule is N#C/C(=C\c1cc(Br)ccc1Br)c1nc2ccccc2[nH]1. The third-order valence-corrected chi connectivity index (χ3v) is 4.24. The molecule has 0 bridgehead atoms. The van der Waals surface area contributed by atoms with Crippen molar-refractivity contribution in [3.63, 3.8) is 0 Å². The van der Waals surface area contributed by atoms with Crippen LogP contribution in [-0.2, 0) is 0 Å². The summed E-state index contributed by atoms with van der Waals surface area (Å²) in [5.74, 6) is 0.575. The molecular weight excluding hydrogens is 394 g/mol. The fourth-order valence-electron chi connectivity index (χ4n) is 2.01. The van der Waals surface area contributed by atoms with Crippen molar-refractivity contribution >= 4 is 54.5 Å². The van der Waals surface area contributed by atoms with E-state index in [2.05, 4.69) is 47.9 Å². The van der Waals surface area contributed by atoms with E-state index in [0.717, 1.165) is 25.5 Å². The summed E-state index contributed by atoms with van der Waals surface area (Å²) in [5, 5.41) is 9.42. The topological polar surface area (TPSA) is 52.5 Å². The van der Waals surface area contributed by atoms with Crippen LogP contribution in [0.4, 0.5) is 0 Å². The molecule has 1 aromatic heterocycles. The highest BCUT2D eigenvalue weighted by Gasteiger charge is 2.08. The fourth-order valence-corrected chi connectivity index (χ4v) is 2.75. The second-order valence-corrected chi connectivity index (χ2v) is 6.21. The third kappa shape index (κ3) is 2.92. The summed E-state index contributed by atoms with van der Waals surface area (Å²) in [5.41, 5.74) is 3.18. The number of hydrogen-bond acceptors (Lipinski definition) is 2. The molecule has 0 atom stereocenters. The lowest BCUT2D eigenvalue weighted by molar-refractivity contribution is 1.27. The average molecular weight is 403 g/mol. The zero-order chi connectivity index (χ0) is 14.8. The van der Waals surface area contributed by atoms with E-state index in [1.54, 1.807) is 0 Å². The van der Waals surface area contributed by atoms with Gasteiger partial charge in [0.2, 0.25) is 0 Å². The van der Waals surface area contributed by atoms with Gasteiger partial charge in [-0.15, -0.1) is 0 Å². The van der Waals surface area contributed by atoms with Gasteiger partial charge in [0, 0.05) is 8.95 Å². The molecule has 0 saturated carbocycles. The Morgan fingerprint density at radius 2 is 2.00 bits per heavy atom. The van der Waals surface area contributed by atoms with Gasteiger partial charge in [-0.25, -0.2) is 4.98 Å². The Hall–Kier alpha value is -1.90. The molecule has 0 aliphatic rings. The number of nitrogens with zero attached hydrogens (tertiary/aromatic N) is 2. The molecule has 1 N–H and O–H groups in total. The van der Waals surface area contributed by atoms with E-state index in [4.69, 9.17) is 0 Å². The molecule has 0 radical (unpaired) electrons. The van der Waals surface area contributed by atoms with Gasteiger partial charge >= 0.3 is 0 Å². The summed E-state index contributed by atoms with van der Waals surface area (Å²) in [7, 11) is 0. The first-order valence-corrected chi connectivity index (χ1v) is 7.78. The van der Waals surface area contributed by atoms with Crippen LogP contribution in [0.25, 0.3) is 22.7 Å². The molecule has 0 fully saturated rings. The lowest BCUT2D eigenvalue weighted by Crippen LogP contribution is -1.86. The average Bonchev–Trinajstić information content (AvgIpc) is 2.91. The van der Waals surface area contributed by atoms with Gasteiger partial charge in [0.1, 0.15) is 11.9 Å². The van der Waals surface area contributed by atoms with Gasteiger partial charge in [0.05, 0.1) is 16.6 Å². The smallest absolute Gasteiger partial charge is 0.149 e. The maximum absolute atomic E-state index is 9.42. The van der Waals surface area contributed by atoms with Crippen molar-refractivity contribution in [1.82, 2.24) is 9.97 Å². The maximum Gasteiger partial charge on any atom is 0.149 e. The number of nitriles is 1. The molecule has 0 amide bonds. The maximum atomic E-state index is 9.42. The van der Waals surface area contributed by atoms with Crippen LogP contribution in [0.15, 0.2) is 51.4 Å². The lowest BCUT2D eigenvalue weighted by Gasteiger charge is -2.00. The van der Waals surface area contributed by atoms with E-state index >= 15 is 0 Å². The molecule has 102 valence electrons. The van der Waals surface area contributed by atoms with Crippen molar-refractivity contribution in [3.8, 4) is 6.07 Å². The Kier molecular flexibility index (Phi) is 3.91. The number of nitrogens with one attached hydrogen (secondary N) is 1. The van der Waals surface area contributed by atoms with E-state index in [9.17, 15) is 5.26 Å². The highest BCUT2D eigenvalue weighted by Crippen LogP contribution is 2.26. The number of aromatic amines is 1. The van der Waals surface area contributed by atoms with Crippen molar-refractivity contribution in [2.24, 2.45) is 0 Å². The second kappa shape index (κ2) is 5.84. The molecule has 0 unspecified atom stereocenters. The van der Waals surface area contributed by atoms with E-state index in [-0.39, 0.29) is 0 Å². The molecule has 5 heteroatoms. The first-order chi connectivity index (χ1) is 10.2. The van der Waals surface area contributed by atoms with Crippen molar-refractivity contribution in [2.45, 2.75) is 0 Å². The number of para-hydroxylation sites is 2. The quantitative estimate of drug-likeness (QED) is 0.602. The van der Waals surface area contributed by atoms with Crippen LogP contribution in [0.2, 0.25) is 0 Å². The summed E-state index contributed by atoms with van der Waals surface area (Å²) < 4.78 is 1.88. The zero-order valence-corrected chi connectivity index (χ0v) is 13.9. The van der Waals surface area contributed by atoms with Crippen LogP contribution >= 0.6 is 31.9 Å².